The molecule has 0 aliphatic carbocycles. The van der Waals surface area contributed by atoms with Crippen LogP contribution in [-0.2, 0) is 0 Å². The summed E-state index contributed by atoms with van der Waals surface area (Å²) in [6, 6.07) is 0. The van der Waals surface area contributed by atoms with Gasteiger partial charge < -0.3 is 0 Å². The van der Waals surface area contributed by atoms with Gasteiger partial charge >= 0.3 is 113 Å². The molecular weight excluding hydrogens is 314 g/mol. The van der Waals surface area contributed by atoms with Crippen molar-refractivity contribution < 1.29 is 30.7 Å². The first kappa shape index (κ1) is 13.6. The molecule has 0 fully saturated rings. The fourth-order valence-electron chi connectivity index (χ4n) is 0.442. The van der Waals surface area contributed by atoms with Crippen LogP contribution in [0.25, 0.3) is 0 Å². The number of halogens is 7. The van der Waals surface area contributed by atoms with Crippen molar-refractivity contribution in [3.05, 3.63) is 0 Å². The molecule has 8 heteroatoms. The van der Waals surface area contributed by atoms with Crippen LogP contribution < -0.4 is 0 Å². The SMILES string of the molecule is FCC(F)(C(F)(F)F)[C](F)(F)[Cs]. The van der Waals surface area contributed by atoms with E-state index in [0.29, 0.717) is 0 Å². The third-order valence-electron chi connectivity index (χ3n) is 1.33. The zero-order chi connectivity index (χ0) is 10.2. The van der Waals surface area contributed by atoms with Crippen LogP contribution in [-0.4, -0.2) is 81.8 Å². The minimum absolute atomic E-state index is 2.04. The molecule has 0 nitrogen and oxygen atoms in total. The Labute approximate surface area is 110 Å². The molecule has 0 aromatic carbocycles. The Kier molecular flexibility index (Phi) is 4.49. The summed E-state index contributed by atoms with van der Waals surface area (Å²) < 4.78 is 78.0. The molecule has 0 aromatic heterocycles. The van der Waals surface area contributed by atoms with E-state index in [1.165, 1.54) is 0 Å². The topological polar surface area (TPSA) is 0 Å². The van der Waals surface area contributed by atoms with Crippen LogP contribution in [0.1, 0.15) is 0 Å². The van der Waals surface area contributed by atoms with Crippen LogP contribution in [0.3, 0.4) is 0 Å². The molecule has 0 saturated heterocycles. The second-order valence-electron chi connectivity index (χ2n) is 2.32. The van der Waals surface area contributed by atoms with Crippen molar-refractivity contribution in [3.8, 4) is 0 Å². The van der Waals surface area contributed by atoms with Gasteiger partial charge in [-0.15, -0.1) is 0 Å². The molecule has 1 unspecified atom stereocenters. The van der Waals surface area contributed by atoms with Gasteiger partial charge in [-0.3, -0.25) is 0 Å². The molecule has 0 radical (unpaired) electrons. The van der Waals surface area contributed by atoms with Crippen LogP contribution in [0, 0.1) is 0 Å². The minimum atomic E-state index is -5.85. The summed E-state index contributed by atoms with van der Waals surface area (Å²) in [5.74, 6) is 0. The van der Waals surface area contributed by atoms with E-state index >= 15 is 0 Å². The Bertz CT molecular complexity index is 142. The fourth-order valence-corrected chi connectivity index (χ4v) is 1.75. The van der Waals surface area contributed by atoms with Gasteiger partial charge in [-0.1, -0.05) is 0 Å². The standard InChI is InChI=1S/C4H2F7.Cs/c5-1-3(8,2(6)7)4(9,10)11;/h1H2;. The molecule has 1 atom stereocenters. The Balaban J connectivity index is 4.95. The summed E-state index contributed by atoms with van der Waals surface area (Å²) in [5.41, 5.74) is -4.98. The molecule has 0 aliphatic heterocycles. The molecule has 0 amide bonds. The zero-order valence-electron chi connectivity index (χ0n) is 5.85. The summed E-state index contributed by atoms with van der Waals surface area (Å²) in [6.07, 6.45) is -5.85. The molecule has 0 saturated carbocycles. The van der Waals surface area contributed by atoms with Gasteiger partial charge in [-0.25, -0.2) is 0 Å². The molecule has 0 N–H and O–H groups in total. The van der Waals surface area contributed by atoms with Gasteiger partial charge in [0.2, 0.25) is 0 Å². The molecule has 0 heterocycles. The Morgan fingerprint density at radius 1 is 0.917 bits per heavy atom. The average Bonchev–Trinajstić information content (AvgIpc) is 1.81. The predicted octanol–water partition coefficient (Wildman–Crippen LogP) is 1.99. The second-order valence-corrected chi connectivity index (χ2v) is 6.26. The number of alkyl halides is 7. The predicted molar refractivity (Wildman–Crippen MR) is 26.6 cm³/mol. The molecule has 0 aliphatic rings. The van der Waals surface area contributed by atoms with E-state index < -0.39 is 81.8 Å². The monoisotopic (exact) mass is 316 g/mol. The maximum absolute atomic E-state index is 12.3. The first-order valence-corrected chi connectivity index (χ1v) is 5.89. The van der Waals surface area contributed by atoms with Crippen molar-refractivity contribution in [2.45, 2.75) is 9.19 Å². The van der Waals surface area contributed by atoms with Gasteiger partial charge in [0, 0.05) is 0 Å². The number of hydrogen-bond acceptors (Lipinski definition) is 0. The quantitative estimate of drug-likeness (QED) is 0.684. The Morgan fingerprint density at radius 3 is 1.25 bits per heavy atom. The van der Waals surface area contributed by atoms with E-state index in [1.54, 1.807) is 0 Å². The summed E-state index contributed by atoms with van der Waals surface area (Å²) >= 11 is -2.04. The number of hydrogen-bond donors (Lipinski definition) is 0. The zero-order valence-corrected chi connectivity index (χ0v) is 12.1. The van der Waals surface area contributed by atoms with Crippen molar-refractivity contribution >= 4 is 65.9 Å². The normalized spacial score (nSPS) is 19.1. The van der Waals surface area contributed by atoms with Crippen molar-refractivity contribution in [3.63, 3.8) is 0 Å². The van der Waals surface area contributed by atoms with Crippen molar-refractivity contribution in [1.82, 2.24) is 0 Å². The summed E-state index contributed by atoms with van der Waals surface area (Å²) in [4.78, 5) is 0. The maximum atomic E-state index is 12.3. The summed E-state index contributed by atoms with van der Waals surface area (Å²) in [7, 11) is 0. The molecule has 0 aromatic rings. The van der Waals surface area contributed by atoms with Crippen molar-refractivity contribution in [2.24, 2.45) is 0 Å². The van der Waals surface area contributed by atoms with E-state index in [4.69, 9.17) is 0 Å². The van der Waals surface area contributed by atoms with Gasteiger partial charge in [0.05, 0.1) is 0 Å². The van der Waals surface area contributed by atoms with Crippen LogP contribution in [0.2, 0.25) is 0 Å². The van der Waals surface area contributed by atoms with Crippen LogP contribution in [0.5, 0.6) is 0 Å². The Morgan fingerprint density at radius 2 is 1.25 bits per heavy atom. The molecular formula is C4H2CsF7. The Hall–Kier alpha value is 1.56. The molecule has 12 heavy (non-hydrogen) atoms. The summed E-state index contributed by atoms with van der Waals surface area (Å²) in [6.45, 7) is -2.74. The van der Waals surface area contributed by atoms with Gasteiger partial charge in [-0.2, -0.15) is 0 Å². The van der Waals surface area contributed by atoms with Gasteiger partial charge in [0.1, 0.15) is 0 Å². The van der Waals surface area contributed by atoms with E-state index in [1.807, 2.05) is 0 Å². The van der Waals surface area contributed by atoms with Crippen molar-refractivity contribution in [1.29, 1.82) is 0 Å². The first-order chi connectivity index (χ1) is 5.06. The molecule has 0 spiro atoms. The second kappa shape index (κ2) is 3.97. The van der Waals surface area contributed by atoms with Gasteiger partial charge in [0.25, 0.3) is 0 Å². The first-order valence-electron chi connectivity index (χ1n) is 2.75. The van der Waals surface area contributed by atoms with Gasteiger partial charge in [-0.05, 0) is 0 Å². The summed E-state index contributed by atoms with van der Waals surface area (Å²) in [5, 5.41) is 0. The van der Waals surface area contributed by atoms with E-state index in [2.05, 4.69) is 0 Å². The van der Waals surface area contributed by atoms with Crippen LogP contribution in [0.15, 0.2) is 0 Å². The van der Waals surface area contributed by atoms with Crippen LogP contribution in [0.4, 0.5) is 30.7 Å². The molecule has 68 valence electrons. The van der Waals surface area contributed by atoms with E-state index in [-0.39, 0.29) is 0 Å². The van der Waals surface area contributed by atoms with Crippen molar-refractivity contribution in [2.75, 3.05) is 6.67 Å². The van der Waals surface area contributed by atoms with Crippen LogP contribution >= 0.6 is 0 Å². The van der Waals surface area contributed by atoms with Gasteiger partial charge in [0.15, 0.2) is 0 Å². The number of rotatable bonds is 2. The fraction of sp³-hybridized carbons (Fsp3) is 1.00. The molecule has 0 rings (SSSR count). The van der Waals surface area contributed by atoms with E-state index in [0.717, 1.165) is 0 Å². The molecule has 0 bridgehead atoms. The average molecular weight is 316 g/mol. The third-order valence-corrected chi connectivity index (χ3v) is 3.82. The van der Waals surface area contributed by atoms with E-state index in [9.17, 15) is 30.7 Å². The third kappa shape index (κ3) is 2.53.